The fraction of sp³-hybridized carbons (Fsp3) is 0.0769. The van der Waals surface area contributed by atoms with Crippen molar-refractivity contribution in [1.29, 1.82) is 0 Å². The maximum atomic E-state index is 4.11. The van der Waals surface area contributed by atoms with Crippen LogP contribution in [0.1, 0.15) is 42.4 Å². The van der Waals surface area contributed by atoms with Crippen molar-refractivity contribution in [3.63, 3.8) is 0 Å². The molecule has 0 N–H and O–H groups in total. The molecule has 2 aliphatic carbocycles. The van der Waals surface area contributed by atoms with Gasteiger partial charge in [0, 0.05) is 34.1 Å². The molecular weight excluding hydrogens is 653 g/mol. The highest BCUT2D eigenvalue weighted by atomic mass is 15.2. The molecule has 0 heterocycles. The molecular formula is C52H44N2. The zero-order valence-electron chi connectivity index (χ0n) is 30.6. The monoisotopic (exact) mass is 696 g/mol. The lowest BCUT2D eigenvalue weighted by atomic mass is 9.98. The molecule has 0 radical (unpaired) electrons. The van der Waals surface area contributed by atoms with Gasteiger partial charge in [0.25, 0.3) is 0 Å². The molecule has 0 fully saturated rings. The first-order chi connectivity index (χ1) is 26.6. The van der Waals surface area contributed by atoms with Crippen LogP contribution in [0.5, 0.6) is 0 Å². The van der Waals surface area contributed by atoms with E-state index >= 15 is 0 Å². The van der Waals surface area contributed by atoms with Crippen LogP contribution in [0, 0.1) is 0 Å². The number of nitrogens with zero attached hydrogens (tertiary/aromatic N) is 2. The Bertz CT molecular complexity index is 2430. The van der Waals surface area contributed by atoms with Crippen molar-refractivity contribution in [2.75, 3.05) is 9.80 Å². The second-order valence-electron chi connectivity index (χ2n) is 13.8. The SMILES string of the molecule is C=CC(=C)c1ccc(N(C2=CCCC=C2)c2ccc(/C=C/c3ccc(N(C4=CCCC=C4)c4ccc(-c5cccc6ccccc56)cc4)cc3)cc2)cc1. The summed E-state index contributed by atoms with van der Waals surface area (Å²) in [5.41, 5.74) is 13.7. The Morgan fingerprint density at radius 3 is 1.48 bits per heavy atom. The van der Waals surface area contributed by atoms with E-state index in [9.17, 15) is 0 Å². The maximum absolute atomic E-state index is 4.11. The summed E-state index contributed by atoms with van der Waals surface area (Å²) >= 11 is 0. The summed E-state index contributed by atoms with van der Waals surface area (Å²) < 4.78 is 0. The summed E-state index contributed by atoms with van der Waals surface area (Å²) in [6.07, 6.45) is 24.1. The highest BCUT2D eigenvalue weighted by Gasteiger charge is 2.16. The zero-order valence-corrected chi connectivity index (χ0v) is 30.6. The van der Waals surface area contributed by atoms with Crippen LogP contribution in [-0.4, -0.2) is 0 Å². The van der Waals surface area contributed by atoms with Crippen molar-refractivity contribution in [3.8, 4) is 11.1 Å². The third-order valence-electron chi connectivity index (χ3n) is 10.2. The van der Waals surface area contributed by atoms with Gasteiger partial charge in [0.05, 0.1) is 0 Å². The highest BCUT2D eigenvalue weighted by molar-refractivity contribution is 5.97. The van der Waals surface area contributed by atoms with E-state index in [4.69, 9.17) is 0 Å². The van der Waals surface area contributed by atoms with Gasteiger partial charge in [0.2, 0.25) is 0 Å². The number of hydrogen-bond acceptors (Lipinski definition) is 2. The molecule has 0 saturated carbocycles. The highest BCUT2D eigenvalue weighted by Crippen LogP contribution is 2.36. The first-order valence-corrected chi connectivity index (χ1v) is 18.9. The van der Waals surface area contributed by atoms with E-state index in [1.54, 1.807) is 6.08 Å². The minimum atomic E-state index is 0.926. The van der Waals surface area contributed by atoms with E-state index in [2.05, 4.69) is 211 Å². The van der Waals surface area contributed by atoms with Crippen LogP contribution in [0.4, 0.5) is 22.7 Å². The summed E-state index contributed by atoms with van der Waals surface area (Å²) in [6.45, 7) is 7.98. The standard InChI is InChI=1S/C52H44N2/c1-3-39(2)42-27-35-49(36-28-42)53(45-15-6-4-7-16-45)47-31-23-40(24-32-47)21-22-41-25-33-48(34-26-41)54(46-17-8-5-9-18-46)50-37-29-44(30-38-50)52-20-12-14-43-13-10-11-19-51(43)52/h3,6,8,10-38H,1-2,4-5,7,9H2/b22-21+. The van der Waals surface area contributed by atoms with Crippen molar-refractivity contribution in [1.82, 2.24) is 0 Å². The van der Waals surface area contributed by atoms with Gasteiger partial charge in [-0.15, -0.1) is 0 Å². The first kappa shape index (κ1) is 34.4. The molecule has 0 saturated heterocycles. The lowest BCUT2D eigenvalue weighted by molar-refractivity contribution is 0.997. The molecule has 6 aromatic carbocycles. The minimum absolute atomic E-state index is 0.926. The number of anilines is 4. The average Bonchev–Trinajstić information content (AvgIpc) is 3.25. The van der Waals surface area contributed by atoms with Crippen LogP contribution >= 0.6 is 0 Å². The molecule has 54 heavy (non-hydrogen) atoms. The van der Waals surface area contributed by atoms with E-state index in [1.807, 2.05) is 0 Å². The lowest BCUT2D eigenvalue weighted by Gasteiger charge is -2.28. The Morgan fingerprint density at radius 1 is 0.500 bits per heavy atom. The molecule has 2 heteroatoms. The Kier molecular flexibility index (Phi) is 10.2. The van der Waals surface area contributed by atoms with Gasteiger partial charge in [-0.2, -0.15) is 0 Å². The number of fused-ring (bicyclic) bond motifs is 1. The molecule has 0 aliphatic heterocycles. The largest absolute Gasteiger partial charge is 0.311 e. The first-order valence-electron chi connectivity index (χ1n) is 18.9. The summed E-state index contributed by atoms with van der Waals surface area (Å²) in [7, 11) is 0. The van der Waals surface area contributed by atoms with Gasteiger partial charge in [0.15, 0.2) is 0 Å². The second-order valence-corrected chi connectivity index (χ2v) is 13.8. The van der Waals surface area contributed by atoms with Gasteiger partial charge < -0.3 is 9.80 Å². The smallest absolute Gasteiger partial charge is 0.0461 e. The van der Waals surface area contributed by atoms with Crippen molar-refractivity contribution in [3.05, 3.63) is 223 Å². The van der Waals surface area contributed by atoms with Crippen molar-refractivity contribution < 1.29 is 0 Å². The van der Waals surface area contributed by atoms with Crippen molar-refractivity contribution in [2.45, 2.75) is 25.7 Å². The lowest BCUT2D eigenvalue weighted by Crippen LogP contribution is -2.16. The second kappa shape index (κ2) is 15.9. The number of allylic oxidation sites excluding steroid dienone is 8. The molecule has 0 atom stereocenters. The van der Waals surface area contributed by atoms with Crippen LogP contribution in [0.25, 0.3) is 39.6 Å². The molecule has 8 rings (SSSR count). The van der Waals surface area contributed by atoms with Crippen molar-refractivity contribution >= 4 is 51.2 Å². The van der Waals surface area contributed by atoms with Gasteiger partial charge in [-0.1, -0.05) is 147 Å². The fourth-order valence-corrected chi connectivity index (χ4v) is 7.30. The van der Waals surface area contributed by atoms with Gasteiger partial charge in [-0.3, -0.25) is 0 Å². The van der Waals surface area contributed by atoms with Crippen molar-refractivity contribution in [2.24, 2.45) is 0 Å². The molecule has 0 amide bonds. The van der Waals surface area contributed by atoms with Gasteiger partial charge in [-0.05, 0) is 131 Å². The molecule has 262 valence electrons. The quantitative estimate of drug-likeness (QED) is 0.0983. The topological polar surface area (TPSA) is 6.48 Å². The fourth-order valence-electron chi connectivity index (χ4n) is 7.30. The normalized spacial score (nSPS) is 13.8. The summed E-state index contributed by atoms with van der Waals surface area (Å²) in [6, 6.07) is 50.4. The molecule has 2 aliphatic rings. The Balaban J connectivity index is 1.02. The van der Waals surface area contributed by atoms with Gasteiger partial charge in [0.1, 0.15) is 0 Å². The number of rotatable bonds is 11. The third kappa shape index (κ3) is 7.46. The number of hydrogen-bond donors (Lipinski definition) is 0. The number of benzene rings is 6. The molecule has 6 aromatic rings. The minimum Gasteiger partial charge on any atom is -0.311 e. The van der Waals surface area contributed by atoms with Gasteiger partial charge in [-0.25, -0.2) is 0 Å². The average molecular weight is 697 g/mol. The Morgan fingerprint density at radius 2 is 0.981 bits per heavy atom. The van der Waals surface area contributed by atoms with Crippen LogP contribution in [0.15, 0.2) is 207 Å². The molecule has 0 bridgehead atoms. The predicted molar refractivity (Wildman–Crippen MR) is 234 cm³/mol. The van der Waals surface area contributed by atoms with Crippen LogP contribution < -0.4 is 9.80 Å². The molecule has 0 unspecified atom stereocenters. The molecule has 2 nitrogen and oxygen atoms in total. The summed E-state index contributed by atoms with van der Waals surface area (Å²) in [5, 5.41) is 2.53. The Labute approximate surface area is 320 Å². The van der Waals surface area contributed by atoms with E-state index in [0.717, 1.165) is 70.7 Å². The van der Waals surface area contributed by atoms with E-state index < -0.39 is 0 Å². The van der Waals surface area contributed by atoms with E-state index in [1.165, 1.54) is 33.3 Å². The molecule has 0 spiro atoms. The van der Waals surface area contributed by atoms with Crippen LogP contribution in [0.3, 0.4) is 0 Å². The zero-order chi connectivity index (χ0) is 36.7. The van der Waals surface area contributed by atoms with Crippen LogP contribution in [-0.2, 0) is 0 Å². The van der Waals surface area contributed by atoms with Gasteiger partial charge >= 0.3 is 0 Å². The molecule has 0 aromatic heterocycles. The third-order valence-corrected chi connectivity index (χ3v) is 10.2. The predicted octanol–water partition coefficient (Wildman–Crippen LogP) is 14.6. The maximum Gasteiger partial charge on any atom is 0.0461 e. The summed E-state index contributed by atoms with van der Waals surface area (Å²) in [4.78, 5) is 4.68. The van der Waals surface area contributed by atoms with E-state index in [-0.39, 0.29) is 0 Å². The van der Waals surface area contributed by atoms with E-state index in [0.29, 0.717) is 0 Å². The van der Waals surface area contributed by atoms with Crippen LogP contribution in [0.2, 0.25) is 0 Å². The summed E-state index contributed by atoms with van der Waals surface area (Å²) in [5.74, 6) is 0. The Hall–Kier alpha value is -6.64.